The van der Waals surface area contributed by atoms with Crippen LogP contribution in [0.3, 0.4) is 0 Å². The van der Waals surface area contributed by atoms with Gasteiger partial charge >= 0.3 is 11.7 Å². The molecule has 0 bridgehead atoms. The highest BCUT2D eigenvalue weighted by Crippen LogP contribution is 2.23. The van der Waals surface area contributed by atoms with Crippen LogP contribution < -0.4 is 26.2 Å². The minimum absolute atomic E-state index is 0.114. The average molecular weight is 479 g/mol. The van der Waals surface area contributed by atoms with Crippen LogP contribution in [0.2, 0.25) is 0 Å². The molecule has 0 atom stereocenters. The van der Waals surface area contributed by atoms with Crippen molar-refractivity contribution in [2.75, 3.05) is 25.5 Å². The van der Waals surface area contributed by atoms with Crippen LogP contribution in [0.1, 0.15) is 30.9 Å². The number of rotatable bonds is 12. The highest BCUT2D eigenvalue weighted by Gasteiger charge is 2.15. The fourth-order valence-corrected chi connectivity index (χ4v) is 3.52. The van der Waals surface area contributed by atoms with Crippen molar-refractivity contribution >= 4 is 17.0 Å². The SMILES string of the molecule is CCCCOc1nc(N)c2[nH]c(=O)n(Cc3ccc(Oc4ccc(CNCCO)cc4)cc3)c2n1. The fraction of sp³-hybridized carbons (Fsp3) is 0.320. The summed E-state index contributed by atoms with van der Waals surface area (Å²) in [5.74, 6) is 1.58. The zero-order valence-electron chi connectivity index (χ0n) is 19.7. The monoisotopic (exact) mass is 478 g/mol. The second-order valence-corrected chi connectivity index (χ2v) is 8.10. The van der Waals surface area contributed by atoms with Gasteiger partial charge in [0.2, 0.25) is 0 Å². The molecule has 5 N–H and O–H groups in total. The predicted octanol–water partition coefficient (Wildman–Crippen LogP) is 2.80. The first-order valence-electron chi connectivity index (χ1n) is 11.6. The Morgan fingerprint density at radius 1 is 1.06 bits per heavy atom. The molecule has 0 spiro atoms. The molecule has 0 amide bonds. The standard InChI is InChI=1S/C25H30N6O4/c1-2-3-14-34-24-29-22(26)21-23(30-24)31(25(33)28-21)16-18-6-10-20(11-7-18)35-19-8-4-17(5-9-19)15-27-12-13-32/h4-11,27,32H,2-3,12-16H2,1H3,(H,28,33)(H2,26,29,30). The van der Waals surface area contributed by atoms with Crippen LogP contribution in [0.5, 0.6) is 17.5 Å². The van der Waals surface area contributed by atoms with Crippen LogP contribution in [0, 0.1) is 0 Å². The Kier molecular flexibility index (Phi) is 7.96. The first kappa shape index (κ1) is 24.2. The maximum Gasteiger partial charge on any atom is 0.328 e. The van der Waals surface area contributed by atoms with Crippen molar-refractivity contribution in [1.82, 2.24) is 24.8 Å². The number of imidazole rings is 1. The number of aromatic amines is 1. The molecule has 35 heavy (non-hydrogen) atoms. The van der Waals surface area contributed by atoms with Crippen LogP contribution in [0.15, 0.2) is 53.3 Å². The minimum Gasteiger partial charge on any atom is -0.463 e. The van der Waals surface area contributed by atoms with Crippen LogP contribution in [0.4, 0.5) is 5.82 Å². The Bertz CT molecular complexity index is 1300. The molecule has 4 rings (SSSR count). The summed E-state index contributed by atoms with van der Waals surface area (Å²) >= 11 is 0. The molecule has 2 aromatic carbocycles. The number of hydrogen-bond donors (Lipinski definition) is 4. The summed E-state index contributed by atoms with van der Waals surface area (Å²) in [6.07, 6.45) is 1.86. The number of benzene rings is 2. The molecule has 2 aromatic heterocycles. The van der Waals surface area contributed by atoms with E-state index >= 15 is 0 Å². The van der Waals surface area contributed by atoms with Crippen molar-refractivity contribution in [3.05, 3.63) is 70.1 Å². The summed E-state index contributed by atoms with van der Waals surface area (Å²) in [4.78, 5) is 23.9. The van der Waals surface area contributed by atoms with E-state index in [4.69, 9.17) is 20.3 Å². The van der Waals surface area contributed by atoms with Gasteiger partial charge in [0.05, 0.1) is 19.8 Å². The zero-order chi connectivity index (χ0) is 24.6. The summed E-state index contributed by atoms with van der Waals surface area (Å²) < 4.78 is 13.0. The van der Waals surface area contributed by atoms with E-state index in [0.29, 0.717) is 43.2 Å². The van der Waals surface area contributed by atoms with Crippen LogP contribution in [0.25, 0.3) is 11.2 Å². The molecule has 0 aliphatic carbocycles. The third-order valence-electron chi connectivity index (χ3n) is 5.40. The number of nitrogen functional groups attached to an aromatic ring is 1. The Morgan fingerprint density at radius 3 is 2.40 bits per heavy atom. The second-order valence-electron chi connectivity index (χ2n) is 8.10. The maximum absolute atomic E-state index is 12.6. The van der Waals surface area contributed by atoms with Gasteiger partial charge in [-0.3, -0.25) is 4.57 Å². The lowest BCUT2D eigenvalue weighted by atomic mass is 10.2. The Morgan fingerprint density at radius 2 is 1.74 bits per heavy atom. The van der Waals surface area contributed by atoms with Crippen molar-refractivity contribution in [2.45, 2.75) is 32.9 Å². The van der Waals surface area contributed by atoms with E-state index in [9.17, 15) is 4.79 Å². The van der Waals surface area contributed by atoms with Gasteiger partial charge in [0.1, 0.15) is 17.0 Å². The van der Waals surface area contributed by atoms with Crippen molar-refractivity contribution in [3.63, 3.8) is 0 Å². The van der Waals surface area contributed by atoms with Gasteiger partial charge < -0.3 is 30.6 Å². The van der Waals surface area contributed by atoms with Gasteiger partial charge in [0.25, 0.3) is 0 Å². The number of ether oxygens (including phenoxy) is 2. The van der Waals surface area contributed by atoms with Gasteiger partial charge in [-0.25, -0.2) is 4.79 Å². The highest BCUT2D eigenvalue weighted by molar-refractivity contribution is 5.81. The number of nitrogens with zero attached hydrogens (tertiary/aromatic N) is 3. The van der Waals surface area contributed by atoms with E-state index in [-0.39, 0.29) is 24.1 Å². The number of unbranched alkanes of at least 4 members (excludes halogenated alkanes) is 1. The first-order valence-corrected chi connectivity index (χ1v) is 11.6. The topological polar surface area (TPSA) is 140 Å². The van der Waals surface area contributed by atoms with E-state index in [2.05, 4.69) is 27.2 Å². The number of anilines is 1. The molecule has 2 heterocycles. The summed E-state index contributed by atoms with van der Waals surface area (Å²) in [7, 11) is 0. The molecule has 0 unspecified atom stereocenters. The largest absolute Gasteiger partial charge is 0.463 e. The Labute approximate surface area is 202 Å². The van der Waals surface area contributed by atoms with Gasteiger partial charge in [-0.2, -0.15) is 9.97 Å². The molecule has 184 valence electrons. The molecular formula is C25H30N6O4. The molecule has 10 nitrogen and oxygen atoms in total. The molecule has 0 aliphatic rings. The van der Waals surface area contributed by atoms with E-state index in [1.807, 2.05) is 48.5 Å². The lowest BCUT2D eigenvalue weighted by Gasteiger charge is -2.09. The predicted molar refractivity (Wildman–Crippen MR) is 134 cm³/mol. The van der Waals surface area contributed by atoms with Gasteiger partial charge in [0, 0.05) is 13.1 Å². The van der Waals surface area contributed by atoms with Crippen LogP contribution >= 0.6 is 0 Å². The number of aliphatic hydroxyl groups excluding tert-OH is 1. The van der Waals surface area contributed by atoms with Gasteiger partial charge in [-0.15, -0.1) is 0 Å². The number of nitrogens with two attached hydrogens (primary N) is 1. The number of hydrogen-bond acceptors (Lipinski definition) is 8. The molecular weight excluding hydrogens is 448 g/mol. The Balaban J connectivity index is 1.45. The minimum atomic E-state index is -0.319. The maximum atomic E-state index is 12.6. The van der Waals surface area contributed by atoms with Gasteiger partial charge in [-0.1, -0.05) is 37.6 Å². The summed E-state index contributed by atoms with van der Waals surface area (Å²) in [6.45, 7) is 4.22. The van der Waals surface area contributed by atoms with E-state index in [1.165, 1.54) is 4.57 Å². The van der Waals surface area contributed by atoms with E-state index in [0.717, 1.165) is 29.7 Å². The van der Waals surface area contributed by atoms with Crippen LogP contribution in [-0.4, -0.2) is 44.4 Å². The van der Waals surface area contributed by atoms with E-state index in [1.54, 1.807) is 0 Å². The van der Waals surface area contributed by atoms with Crippen molar-refractivity contribution < 1.29 is 14.6 Å². The number of fused-ring (bicyclic) bond motifs is 1. The smallest absolute Gasteiger partial charge is 0.328 e. The quantitative estimate of drug-likeness (QED) is 0.228. The number of aromatic nitrogens is 4. The van der Waals surface area contributed by atoms with Gasteiger partial charge in [-0.05, 0) is 41.8 Å². The zero-order valence-corrected chi connectivity index (χ0v) is 19.7. The average Bonchev–Trinajstić information content (AvgIpc) is 3.17. The van der Waals surface area contributed by atoms with Crippen molar-refractivity contribution in [1.29, 1.82) is 0 Å². The lowest BCUT2D eigenvalue weighted by Crippen LogP contribution is -2.17. The number of nitrogens with one attached hydrogen (secondary N) is 2. The fourth-order valence-electron chi connectivity index (χ4n) is 3.52. The summed E-state index contributed by atoms with van der Waals surface area (Å²) in [6, 6.07) is 15.4. The molecule has 10 heteroatoms. The molecule has 0 fully saturated rings. The first-order chi connectivity index (χ1) is 17.1. The third-order valence-corrected chi connectivity index (χ3v) is 5.40. The number of H-pyrrole nitrogens is 1. The Hall–Kier alpha value is -3.89. The normalized spacial score (nSPS) is 11.1. The third kappa shape index (κ3) is 6.17. The summed E-state index contributed by atoms with van der Waals surface area (Å²) in [5, 5.41) is 12.0. The summed E-state index contributed by atoms with van der Waals surface area (Å²) in [5.41, 5.74) is 8.51. The second kappa shape index (κ2) is 11.5. The van der Waals surface area contributed by atoms with Gasteiger partial charge in [0.15, 0.2) is 11.5 Å². The molecule has 0 saturated carbocycles. The van der Waals surface area contributed by atoms with E-state index < -0.39 is 0 Å². The number of aliphatic hydroxyl groups is 1. The highest BCUT2D eigenvalue weighted by atomic mass is 16.5. The van der Waals surface area contributed by atoms with Crippen molar-refractivity contribution in [2.24, 2.45) is 0 Å². The molecule has 0 aliphatic heterocycles. The molecule has 4 aromatic rings. The van der Waals surface area contributed by atoms with Crippen LogP contribution in [-0.2, 0) is 13.1 Å². The van der Waals surface area contributed by atoms with Crippen molar-refractivity contribution in [3.8, 4) is 17.5 Å². The lowest BCUT2D eigenvalue weighted by molar-refractivity contribution is 0.286. The molecule has 0 saturated heterocycles. The molecule has 0 radical (unpaired) electrons.